The molecule has 0 saturated heterocycles. The Balaban J connectivity index is 1.71. The molecule has 1 N–H and O–H groups in total. The molecule has 0 aliphatic rings. The molecule has 0 saturated carbocycles. The van der Waals surface area contributed by atoms with Crippen molar-refractivity contribution in [3.05, 3.63) is 95.8 Å². The van der Waals surface area contributed by atoms with Crippen molar-refractivity contribution in [3.63, 3.8) is 0 Å². The van der Waals surface area contributed by atoms with E-state index < -0.39 is 17.6 Å². The number of rotatable bonds is 4. The molecule has 0 radical (unpaired) electrons. The Labute approximate surface area is 158 Å². The van der Waals surface area contributed by atoms with E-state index in [2.05, 4.69) is 10.4 Å². The summed E-state index contributed by atoms with van der Waals surface area (Å²) in [5.41, 5.74) is 2.49. The Hall–Kier alpha value is -3.68. The van der Waals surface area contributed by atoms with E-state index >= 15 is 0 Å². The van der Waals surface area contributed by atoms with Gasteiger partial charge >= 0.3 is 12.1 Å². The second-order valence-corrected chi connectivity index (χ2v) is 5.76. The van der Waals surface area contributed by atoms with Crippen molar-refractivity contribution < 1.29 is 27.7 Å². The lowest BCUT2D eigenvalue weighted by molar-refractivity contribution is -0.641. The number of nitrogens with zero attached hydrogens (tertiary/aromatic N) is 2. The van der Waals surface area contributed by atoms with Gasteiger partial charge in [0, 0.05) is 17.7 Å². The highest BCUT2D eigenvalue weighted by Gasteiger charge is 2.29. The van der Waals surface area contributed by atoms with Crippen LogP contribution in [0.5, 0.6) is 0 Å². The van der Waals surface area contributed by atoms with Crippen LogP contribution in [0.2, 0.25) is 0 Å². The molecule has 3 aromatic rings. The van der Waals surface area contributed by atoms with Crippen molar-refractivity contribution in [1.29, 1.82) is 0 Å². The molecule has 0 bridgehead atoms. The van der Waals surface area contributed by atoms with E-state index in [0.717, 1.165) is 24.3 Å². The molecule has 0 fully saturated rings. The fraction of sp³-hybridized carbons (Fsp3) is 0.0500. The lowest BCUT2D eigenvalue weighted by atomic mass is 10.1. The van der Waals surface area contributed by atoms with Gasteiger partial charge in [-0.15, -0.1) is 5.43 Å². The Morgan fingerprint density at radius 1 is 0.893 bits per heavy atom. The second-order valence-electron chi connectivity index (χ2n) is 5.76. The van der Waals surface area contributed by atoms with E-state index in [0.29, 0.717) is 5.56 Å². The molecular weight excluding hydrogens is 371 g/mol. The molecule has 3 rings (SSSR count). The standard InChI is InChI=1S/C20H14F3N3O2/c21-20(22,23)16-8-4-14(5-9-16)18(27)24-17-10-6-15(7-11-17)19(28)25-26-12-2-1-3-13-26/h1-13H,(H-,24,25,27,28). The summed E-state index contributed by atoms with van der Waals surface area (Å²) in [6.45, 7) is 0. The van der Waals surface area contributed by atoms with Gasteiger partial charge in [0.25, 0.3) is 0 Å². The summed E-state index contributed by atoms with van der Waals surface area (Å²) in [5.74, 6) is -1.03. The molecule has 0 aliphatic carbocycles. The molecular formula is C20H14F3N3O2. The highest BCUT2D eigenvalue weighted by molar-refractivity contribution is 5.99. The number of alkyl halides is 3. The van der Waals surface area contributed by atoms with Gasteiger partial charge < -0.3 is 5.11 Å². The molecule has 1 aromatic heterocycles. The molecule has 8 heteroatoms. The molecule has 0 unspecified atom stereocenters. The van der Waals surface area contributed by atoms with E-state index in [1.165, 1.54) is 28.9 Å². The van der Waals surface area contributed by atoms with E-state index in [-0.39, 0.29) is 17.2 Å². The van der Waals surface area contributed by atoms with Crippen LogP contribution in [0.1, 0.15) is 21.5 Å². The van der Waals surface area contributed by atoms with Crippen LogP contribution < -0.4 is 15.2 Å². The van der Waals surface area contributed by atoms with Crippen molar-refractivity contribution in [3.8, 4) is 0 Å². The average Bonchev–Trinajstić information content (AvgIpc) is 2.68. The molecule has 2 aromatic carbocycles. The summed E-state index contributed by atoms with van der Waals surface area (Å²) in [6.07, 6.45) is -1.12. The number of aromatic nitrogens is 1. The van der Waals surface area contributed by atoms with Gasteiger partial charge in [0.2, 0.25) is 0 Å². The minimum Gasteiger partial charge on any atom is -0.858 e. The first-order chi connectivity index (χ1) is 13.3. The average molecular weight is 385 g/mol. The monoisotopic (exact) mass is 385 g/mol. The molecule has 1 amide bonds. The van der Waals surface area contributed by atoms with Gasteiger partial charge in [-0.05, 0) is 47.9 Å². The number of halogens is 3. The SMILES string of the molecule is O=C(N[n+]1ccccc1)c1ccc(N=C([O-])c2ccc(C(F)(F)F)cc2)cc1. The summed E-state index contributed by atoms with van der Waals surface area (Å²) in [4.78, 5) is 16.0. The van der Waals surface area contributed by atoms with Crippen molar-refractivity contribution in [2.45, 2.75) is 6.18 Å². The van der Waals surface area contributed by atoms with Gasteiger partial charge in [-0.3, -0.25) is 9.79 Å². The van der Waals surface area contributed by atoms with Crippen LogP contribution in [0.25, 0.3) is 0 Å². The Morgan fingerprint density at radius 3 is 2.04 bits per heavy atom. The topological polar surface area (TPSA) is 68.4 Å². The van der Waals surface area contributed by atoms with E-state index in [1.54, 1.807) is 24.5 Å². The van der Waals surface area contributed by atoms with Crippen LogP contribution in [0.3, 0.4) is 0 Å². The fourth-order valence-electron chi connectivity index (χ4n) is 2.33. The summed E-state index contributed by atoms with van der Waals surface area (Å²) in [5, 5.41) is 12.1. The summed E-state index contributed by atoms with van der Waals surface area (Å²) in [6, 6.07) is 15.1. The van der Waals surface area contributed by atoms with E-state index in [1.807, 2.05) is 6.07 Å². The fourth-order valence-corrected chi connectivity index (χ4v) is 2.33. The second kappa shape index (κ2) is 7.91. The number of carbonyl (C=O) groups excluding carboxylic acids is 1. The molecule has 0 spiro atoms. The van der Waals surface area contributed by atoms with Crippen LogP contribution >= 0.6 is 0 Å². The van der Waals surface area contributed by atoms with Crippen molar-refractivity contribution in [1.82, 2.24) is 0 Å². The van der Waals surface area contributed by atoms with Gasteiger partial charge in [-0.2, -0.15) is 13.2 Å². The maximum absolute atomic E-state index is 12.6. The first kappa shape index (κ1) is 19.1. The number of benzene rings is 2. The third kappa shape index (κ3) is 4.73. The largest absolute Gasteiger partial charge is 0.858 e. The van der Waals surface area contributed by atoms with Gasteiger partial charge in [-0.25, -0.2) is 0 Å². The Morgan fingerprint density at radius 2 is 1.46 bits per heavy atom. The van der Waals surface area contributed by atoms with E-state index in [4.69, 9.17) is 0 Å². The zero-order chi connectivity index (χ0) is 20.1. The predicted molar refractivity (Wildman–Crippen MR) is 94.4 cm³/mol. The molecule has 1 heterocycles. The van der Waals surface area contributed by atoms with Gasteiger partial charge in [-0.1, -0.05) is 22.9 Å². The molecule has 142 valence electrons. The van der Waals surface area contributed by atoms with Crippen LogP contribution in [-0.4, -0.2) is 11.8 Å². The summed E-state index contributed by atoms with van der Waals surface area (Å²) < 4.78 is 39.2. The molecule has 0 aliphatic heterocycles. The maximum atomic E-state index is 12.6. The first-order valence-corrected chi connectivity index (χ1v) is 8.14. The number of hydrogen-bond donors (Lipinski definition) is 1. The zero-order valence-corrected chi connectivity index (χ0v) is 14.4. The number of hydrogen-bond acceptors (Lipinski definition) is 3. The molecule has 28 heavy (non-hydrogen) atoms. The Bertz CT molecular complexity index is 984. The maximum Gasteiger partial charge on any atom is 0.416 e. The predicted octanol–water partition coefficient (Wildman–Crippen LogP) is 2.82. The smallest absolute Gasteiger partial charge is 0.416 e. The van der Waals surface area contributed by atoms with Crippen LogP contribution in [0.4, 0.5) is 18.9 Å². The first-order valence-electron chi connectivity index (χ1n) is 8.14. The third-order valence-electron chi connectivity index (χ3n) is 3.77. The number of carbonyl (C=O) groups is 1. The van der Waals surface area contributed by atoms with Crippen molar-refractivity contribution in [2.24, 2.45) is 4.99 Å². The summed E-state index contributed by atoms with van der Waals surface area (Å²) in [7, 11) is 0. The van der Waals surface area contributed by atoms with Gasteiger partial charge in [0.1, 0.15) is 0 Å². The number of nitrogens with one attached hydrogen (secondary N) is 1. The van der Waals surface area contributed by atoms with Gasteiger partial charge in [0.05, 0.1) is 11.3 Å². The number of amides is 1. The molecule has 5 nitrogen and oxygen atoms in total. The normalized spacial score (nSPS) is 11.9. The number of pyridine rings is 1. The quantitative estimate of drug-likeness (QED) is 0.426. The minimum absolute atomic E-state index is 0.0373. The Kier molecular flexibility index (Phi) is 5.39. The molecule has 0 atom stereocenters. The van der Waals surface area contributed by atoms with Crippen LogP contribution in [-0.2, 0) is 6.18 Å². The lowest BCUT2D eigenvalue weighted by Crippen LogP contribution is -2.47. The zero-order valence-electron chi connectivity index (χ0n) is 14.4. The van der Waals surface area contributed by atoms with E-state index in [9.17, 15) is 23.1 Å². The van der Waals surface area contributed by atoms with Crippen LogP contribution in [0.15, 0.2) is 84.1 Å². The highest BCUT2D eigenvalue weighted by atomic mass is 19.4. The third-order valence-corrected chi connectivity index (χ3v) is 3.77. The van der Waals surface area contributed by atoms with Crippen LogP contribution in [0, 0.1) is 0 Å². The summed E-state index contributed by atoms with van der Waals surface area (Å²) >= 11 is 0. The highest BCUT2D eigenvalue weighted by Crippen LogP contribution is 2.29. The number of aliphatic imine (C=N–C) groups is 1. The lowest BCUT2D eigenvalue weighted by Gasteiger charge is -2.12. The minimum atomic E-state index is -4.47. The van der Waals surface area contributed by atoms with Crippen molar-refractivity contribution >= 4 is 17.5 Å². The van der Waals surface area contributed by atoms with Gasteiger partial charge in [0.15, 0.2) is 12.4 Å². The van der Waals surface area contributed by atoms with Crippen molar-refractivity contribution in [2.75, 3.05) is 5.43 Å².